The minimum Gasteiger partial charge on any atom is -0.396 e. The van der Waals surface area contributed by atoms with Gasteiger partial charge in [-0.3, -0.25) is 0 Å². The molecule has 88 valence electrons. The van der Waals surface area contributed by atoms with Crippen molar-refractivity contribution in [3.05, 3.63) is 0 Å². The summed E-state index contributed by atoms with van der Waals surface area (Å²) in [7, 11) is 0. The van der Waals surface area contributed by atoms with Crippen LogP contribution in [-0.4, -0.2) is 35.7 Å². The predicted octanol–water partition coefficient (Wildman–Crippen LogP) is 1.33. The smallest absolute Gasteiger partial charge is 0.314 e. The van der Waals surface area contributed by atoms with Crippen molar-refractivity contribution < 1.29 is 9.90 Å². The molecule has 1 rings (SSSR count). The third-order valence-corrected chi connectivity index (χ3v) is 3.10. The molecule has 1 saturated carbocycles. The van der Waals surface area contributed by atoms with Crippen molar-refractivity contribution in [3.8, 4) is 0 Å². The van der Waals surface area contributed by atoms with Crippen molar-refractivity contribution in [2.24, 2.45) is 11.7 Å². The van der Waals surface area contributed by atoms with Gasteiger partial charge >= 0.3 is 6.03 Å². The van der Waals surface area contributed by atoms with Crippen LogP contribution in [0, 0.1) is 5.92 Å². The average molecular weight is 214 g/mol. The van der Waals surface area contributed by atoms with E-state index in [1.54, 1.807) is 4.90 Å². The lowest BCUT2D eigenvalue weighted by Crippen LogP contribution is -2.40. The lowest BCUT2D eigenvalue weighted by atomic mass is 9.89. The molecule has 0 aromatic heterocycles. The van der Waals surface area contributed by atoms with Gasteiger partial charge in [0.2, 0.25) is 0 Å². The van der Waals surface area contributed by atoms with E-state index in [-0.39, 0.29) is 12.6 Å². The SMILES string of the molecule is NC(=O)N(CCCO)CC1CCCCC1. The zero-order valence-electron chi connectivity index (χ0n) is 9.32. The number of aliphatic hydroxyl groups is 1. The molecule has 0 aromatic carbocycles. The third-order valence-electron chi connectivity index (χ3n) is 3.10. The van der Waals surface area contributed by atoms with Gasteiger partial charge in [-0.1, -0.05) is 19.3 Å². The van der Waals surface area contributed by atoms with Crippen LogP contribution in [0.5, 0.6) is 0 Å². The van der Waals surface area contributed by atoms with E-state index in [0.29, 0.717) is 18.9 Å². The van der Waals surface area contributed by atoms with E-state index in [9.17, 15) is 4.79 Å². The molecule has 4 nitrogen and oxygen atoms in total. The summed E-state index contributed by atoms with van der Waals surface area (Å²) in [5.74, 6) is 0.616. The van der Waals surface area contributed by atoms with Gasteiger partial charge in [0.1, 0.15) is 0 Å². The second kappa shape index (κ2) is 6.67. The number of hydrogen-bond acceptors (Lipinski definition) is 2. The second-order valence-electron chi connectivity index (χ2n) is 4.37. The number of hydrogen-bond donors (Lipinski definition) is 2. The largest absolute Gasteiger partial charge is 0.396 e. The highest BCUT2D eigenvalue weighted by Crippen LogP contribution is 2.24. The number of urea groups is 1. The molecule has 0 unspecified atom stereocenters. The molecule has 1 aliphatic carbocycles. The molecule has 1 fully saturated rings. The Morgan fingerprint density at radius 3 is 2.53 bits per heavy atom. The van der Waals surface area contributed by atoms with Crippen LogP contribution in [0.4, 0.5) is 4.79 Å². The van der Waals surface area contributed by atoms with Gasteiger partial charge < -0.3 is 15.7 Å². The summed E-state index contributed by atoms with van der Waals surface area (Å²) >= 11 is 0. The molecule has 0 heterocycles. The molecule has 0 bridgehead atoms. The maximum absolute atomic E-state index is 11.1. The van der Waals surface area contributed by atoms with Crippen LogP contribution in [0.2, 0.25) is 0 Å². The minimum absolute atomic E-state index is 0.119. The molecule has 0 radical (unpaired) electrons. The van der Waals surface area contributed by atoms with Gasteiger partial charge in [-0.2, -0.15) is 0 Å². The van der Waals surface area contributed by atoms with Crippen LogP contribution in [0.1, 0.15) is 38.5 Å². The summed E-state index contributed by atoms with van der Waals surface area (Å²) in [5, 5.41) is 8.72. The highest BCUT2D eigenvalue weighted by Gasteiger charge is 2.18. The first-order valence-corrected chi connectivity index (χ1v) is 5.89. The molecule has 0 atom stereocenters. The van der Waals surface area contributed by atoms with E-state index >= 15 is 0 Å². The van der Waals surface area contributed by atoms with E-state index in [1.165, 1.54) is 32.1 Å². The lowest BCUT2D eigenvalue weighted by Gasteiger charge is -2.28. The highest BCUT2D eigenvalue weighted by atomic mass is 16.3. The zero-order valence-corrected chi connectivity index (χ0v) is 9.32. The highest BCUT2D eigenvalue weighted by molar-refractivity contribution is 5.71. The number of rotatable bonds is 5. The summed E-state index contributed by atoms with van der Waals surface area (Å²) < 4.78 is 0. The molecule has 0 aliphatic heterocycles. The maximum atomic E-state index is 11.1. The van der Waals surface area contributed by atoms with Gasteiger partial charge in [0.25, 0.3) is 0 Å². The van der Waals surface area contributed by atoms with Crippen molar-refractivity contribution in [3.63, 3.8) is 0 Å². The first-order valence-electron chi connectivity index (χ1n) is 5.89. The fourth-order valence-corrected chi connectivity index (χ4v) is 2.23. The Morgan fingerprint density at radius 2 is 2.00 bits per heavy atom. The van der Waals surface area contributed by atoms with Crippen LogP contribution in [0.25, 0.3) is 0 Å². The topological polar surface area (TPSA) is 66.6 Å². The average Bonchev–Trinajstić information content (AvgIpc) is 2.25. The van der Waals surface area contributed by atoms with E-state index in [2.05, 4.69) is 0 Å². The Kier molecular flexibility index (Phi) is 5.47. The summed E-state index contributed by atoms with van der Waals surface area (Å²) in [6.45, 7) is 1.48. The van der Waals surface area contributed by atoms with Crippen LogP contribution in [0.15, 0.2) is 0 Å². The van der Waals surface area contributed by atoms with Crippen LogP contribution in [-0.2, 0) is 0 Å². The summed E-state index contributed by atoms with van der Waals surface area (Å²) in [4.78, 5) is 12.8. The number of primary amides is 1. The Labute approximate surface area is 91.4 Å². The lowest BCUT2D eigenvalue weighted by molar-refractivity contribution is 0.177. The number of amides is 2. The molecular formula is C11H22N2O2. The maximum Gasteiger partial charge on any atom is 0.314 e. The van der Waals surface area contributed by atoms with Gasteiger partial charge in [0, 0.05) is 19.7 Å². The number of aliphatic hydroxyl groups excluding tert-OH is 1. The van der Waals surface area contributed by atoms with Crippen LogP contribution >= 0.6 is 0 Å². The Balaban J connectivity index is 2.31. The van der Waals surface area contributed by atoms with Gasteiger partial charge in [-0.15, -0.1) is 0 Å². The van der Waals surface area contributed by atoms with Crippen molar-refractivity contribution in [1.82, 2.24) is 4.90 Å². The predicted molar refractivity (Wildman–Crippen MR) is 59.4 cm³/mol. The van der Waals surface area contributed by atoms with Gasteiger partial charge in [-0.05, 0) is 25.2 Å². The molecule has 0 aromatic rings. The summed E-state index contributed by atoms with van der Waals surface area (Å²) in [5.41, 5.74) is 5.30. The number of nitrogens with zero attached hydrogens (tertiary/aromatic N) is 1. The standard InChI is InChI=1S/C11H22N2O2/c12-11(15)13(7-4-8-14)9-10-5-2-1-3-6-10/h10,14H,1-9H2,(H2,12,15). The molecule has 15 heavy (non-hydrogen) atoms. The Bertz CT molecular complexity index is 191. The van der Waals surface area contributed by atoms with E-state index in [0.717, 1.165) is 6.54 Å². The monoisotopic (exact) mass is 214 g/mol. The van der Waals surface area contributed by atoms with E-state index in [1.807, 2.05) is 0 Å². The molecule has 3 N–H and O–H groups in total. The van der Waals surface area contributed by atoms with E-state index in [4.69, 9.17) is 10.8 Å². The van der Waals surface area contributed by atoms with Gasteiger partial charge in [-0.25, -0.2) is 4.79 Å². The number of carbonyl (C=O) groups excluding carboxylic acids is 1. The molecule has 0 spiro atoms. The summed E-state index contributed by atoms with van der Waals surface area (Å²) in [6.07, 6.45) is 6.92. The minimum atomic E-state index is -0.353. The summed E-state index contributed by atoms with van der Waals surface area (Å²) in [6, 6.07) is -0.353. The van der Waals surface area contributed by atoms with Crippen molar-refractivity contribution >= 4 is 6.03 Å². The number of carbonyl (C=O) groups is 1. The molecular weight excluding hydrogens is 192 g/mol. The molecule has 0 saturated heterocycles. The third kappa shape index (κ3) is 4.51. The van der Waals surface area contributed by atoms with Gasteiger partial charge in [0.15, 0.2) is 0 Å². The fourth-order valence-electron chi connectivity index (χ4n) is 2.23. The van der Waals surface area contributed by atoms with Crippen LogP contribution < -0.4 is 5.73 Å². The zero-order chi connectivity index (χ0) is 11.1. The second-order valence-corrected chi connectivity index (χ2v) is 4.37. The first kappa shape index (κ1) is 12.3. The van der Waals surface area contributed by atoms with Crippen molar-refractivity contribution in [1.29, 1.82) is 0 Å². The van der Waals surface area contributed by atoms with Crippen molar-refractivity contribution in [2.45, 2.75) is 38.5 Å². The fraction of sp³-hybridized carbons (Fsp3) is 0.909. The quantitative estimate of drug-likeness (QED) is 0.725. The first-order chi connectivity index (χ1) is 7.24. The van der Waals surface area contributed by atoms with Crippen molar-refractivity contribution in [2.75, 3.05) is 19.7 Å². The van der Waals surface area contributed by atoms with Gasteiger partial charge in [0.05, 0.1) is 0 Å². The van der Waals surface area contributed by atoms with E-state index < -0.39 is 0 Å². The van der Waals surface area contributed by atoms with Crippen LogP contribution in [0.3, 0.4) is 0 Å². The Morgan fingerprint density at radius 1 is 1.33 bits per heavy atom. The molecule has 4 heteroatoms. The molecule has 2 amide bonds. The molecule has 1 aliphatic rings. The normalized spacial score (nSPS) is 17.7. The Hall–Kier alpha value is -0.770. The number of nitrogens with two attached hydrogens (primary N) is 1.